The van der Waals surface area contributed by atoms with E-state index in [9.17, 15) is 5.11 Å². The Morgan fingerprint density at radius 1 is 1.33 bits per heavy atom. The molecule has 0 aromatic heterocycles. The van der Waals surface area contributed by atoms with E-state index in [0.717, 1.165) is 17.7 Å². The Labute approximate surface area is 110 Å². The summed E-state index contributed by atoms with van der Waals surface area (Å²) in [6, 6.07) is 6.18. The lowest BCUT2D eigenvalue weighted by atomic mass is 9.95. The first kappa shape index (κ1) is 15.0. The van der Waals surface area contributed by atoms with Gasteiger partial charge in [0.1, 0.15) is 5.75 Å². The van der Waals surface area contributed by atoms with Gasteiger partial charge in [0, 0.05) is 6.54 Å². The van der Waals surface area contributed by atoms with E-state index in [1.54, 1.807) is 0 Å². The molecule has 0 saturated heterocycles. The lowest BCUT2D eigenvalue weighted by molar-refractivity contribution is 0.0308. The largest absolute Gasteiger partial charge is 0.493 e. The van der Waals surface area contributed by atoms with Gasteiger partial charge in [-0.3, -0.25) is 0 Å². The van der Waals surface area contributed by atoms with Gasteiger partial charge in [0.2, 0.25) is 0 Å². The number of hydrogen-bond donors (Lipinski definition) is 2. The molecule has 0 heterocycles. The van der Waals surface area contributed by atoms with Crippen molar-refractivity contribution in [1.82, 2.24) is 0 Å². The minimum absolute atomic E-state index is 0.312. The zero-order valence-electron chi connectivity index (χ0n) is 11.7. The van der Waals surface area contributed by atoms with Crippen LogP contribution in [0.2, 0.25) is 0 Å². The number of ether oxygens (including phenoxy) is 1. The number of aliphatic hydroxyl groups is 1. The summed E-state index contributed by atoms with van der Waals surface area (Å²) in [7, 11) is 0. The highest BCUT2D eigenvalue weighted by Gasteiger charge is 2.21. The standard InChI is InChI=1S/C15H25NO2/c1-4-15(17,11-16)8-5-9-18-14-10-12(2)6-7-13(14)3/h6-7,10,17H,4-5,8-9,11,16H2,1-3H3. The molecular formula is C15H25NO2. The van der Waals surface area contributed by atoms with Crippen LogP contribution in [0.4, 0.5) is 0 Å². The lowest BCUT2D eigenvalue weighted by Crippen LogP contribution is -2.37. The van der Waals surface area contributed by atoms with Gasteiger partial charge in [0.25, 0.3) is 0 Å². The lowest BCUT2D eigenvalue weighted by Gasteiger charge is -2.24. The van der Waals surface area contributed by atoms with Gasteiger partial charge in [-0.25, -0.2) is 0 Å². The molecule has 0 saturated carbocycles. The van der Waals surface area contributed by atoms with Crippen LogP contribution in [-0.4, -0.2) is 23.9 Å². The SMILES string of the molecule is CCC(O)(CN)CCCOc1cc(C)ccc1C. The third-order valence-electron chi connectivity index (χ3n) is 3.43. The van der Waals surface area contributed by atoms with Crippen LogP contribution in [0.15, 0.2) is 18.2 Å². The fourth-order valence-electron chi connectivity index (χ4n) is 1.87. The Morgan fingerprint density at radius 3 is 2.67 bits per heavy atom. The summed E-state index contributed by atoms with van der Waals surface area (Å²) in [6.45, 7) is 6.98. The van der Waals surface area contributed by atoms with Crippen molar-refractivity contribution >= 4 is 0 Å². The van der Waals surface area contributed by atoms with Crippen LogP contribution in [0.1, 0.15) is 37.3 Å². The van der Waals surface area contributed by atoms with Crippen molar-refractivity contribution in [3.05, 3.63) is 29.3 Å². The highest BCUT2D eigenvalue weighted by Crippen LogP contribution is 2.20. The van der Waals surface area contributed by atoms with Crippen molar-refractivity contribution in [1.29, 1.82) is 0 Å². The second kappa shape index (κ2) is 6.76. The summed E-state index contributed by atoms with van der Waals surface area (Å²) >= 11 is 0. The normalized spacial score (nSPS) is 14.3. The molecule has 0 bridgehead atoms. The summed E-state index contributed by atoms with van der Waals surface area (Å²) in [6.07, 6.45) is 2.19. The van der Waals surface area contributed by atoms with E-state index in [1.165, 1.54) is 5.56 Å². The second-order valence-electron chi connectivity index (χ2n) is 5.00. The second-order valence-corrected chi connectivity index (χ2v) is 5.00. The van der Waals surface area contributed by atoms with Crippen LogP contribution in [0.25, 0.3) is 0 Å². The average molecular weight is 251 g/mol. The summed E-state index contributed by atoms with van der Waals surface area (Å²) in [5.74, 6) is 0.933. The first-order valence-corrected chi connectivity index (χ1v) is 6.63. The number of nitrogens with two attached hydrogens (primary N) is 1. The minimum Gasteiger partial charge on any atom is -0.493 e. The maximum Gasteiger partial charge on any atom is 0.122 e. The predicted octanol–water partition coefficient (Wildman–Crippen LogP) is 2.56. The molecule has 0 spiro atoms. The van der Waals surface area contributed by atoms with Crippen molar-refractivity contribution < 1.29 is 9.84 Å². The first-order valence-electron chi connectivity index (χ1n) is 6.63. The molecule has 0 aliphatic carbocycles. The highest BCUT2D eigenvalue weighted by atomic mass is 16.5. The van der Waals surface area contributed by atoms with Crippen molar-refractivity contribution in [2.75, 3.05) is 13.2 Å². The zero-order chi connectivity index (χ0) is 13.6. The van der Waals surface area contributed by atoms with Crippen molar-refractivity contribution in [3.63, 3.8) is 0 Å². The first-order chi connectivity index (χ1) is 8.50. The highest BCUT2D eigenvalue weighted by molar-refractivity contribution is 5.35. The van der Waals surface area contributed by atoms with Gasteiger partial charge in [-0.15, -0.1) is 0 Å². The Hall–Kier alpha value is -1.06. The molecule has 1 rings (SSSR count). The molecule has 0 aliphatic rings. The molecule has 1 aromatic carbocycles. The fourth-order valence-corrected chi connectivity index (χ4v) is 1.87. The van der Waals surface area contributed by atoms with E-state index < -0.39 is 5.60 Å². The fraction of sp³-hybridized carbons (Fsp3) is 0.600. The Kier molecular flexibility index (Phi) is 5.63. The van der Waals surface area contributed by atoms with E-state index in [1.807, 2.05) is 19.9 Å². The number of aryl methyl sites for hydroxylation is 2. The van der Waals surface area contributed by atoms with Crippen LogP contribution in [0, 0.1) is 13.8 Å². The molecular weight excluding hydrogens is 226 g/mol. The molecule has 0 radical (unpaired) electrons. The molecule has 1 atom stereocenters. The van der Waals surface area contributed by atoms with Crippen molar-refractivity contribution in [3.8, 4) is 5.75 Å². The molecule has 1 unspecified atom stereocenters. The Bertz CT molecular complexity index is 373. The Balaban J connectivity index is 2.40. The van der Waals surface area contributed by atoms with E-state index in [-0.39, 0.29) is 0 Å². The number of rotatable bonds is 7. The maximum atomic E-state index is 10.0. The maximum absolute atomic E-state index is 10.0. The predicted molar refractivity (Wildman–Crippen MR) is 74.9 cm³/mol. The molecule has 3 nitrogen and oxygen atoms in total. The van der Waals surface area contributed by atoms with Gasteiger partial charge < -0.3 is 15.6 Å². The minimum atomic E-state index is -0.731. The van der Waals surface area contributed by atoms with Crippen LogP contribution >= 0.6 is 0 Å². The Morgan fingerprint density at radius 2 is 2.06 bits per heavy atom. The summed E-state index contributed by atoms with van der Waals surface area (Å²) in [5, 5.41) is 10.0. The molecule has 102 valence electrons. The molecule has 18 heavy (non-hydrogen) atoms. The number of benzene rings is 1. The van der Waals surface area contributed by atoms with Crippen LogP contribution < -0.4 is 10.5 Å². The third-order valence-corrected chi connectivity index (χ3v) is 3.43. The molecule has 0 fully saturated rings. The van der Waals surface area contributed by atoms with Crippen molar-refractivity contribution in [2.24, 2.45) is 5.73 Å². The molecule has 3 heteroatoms. The average Bonchev–Trinajstić information content (AvgIpc) is 2.38. The van der Waals surface area contributed by atoms with Crippen LogP contribution in [0.3, 0.4) is 0 Å². The third kappa shape index (κ3) is 4.31. The topological polar surface area (TPSA) is 55.5 Å². The summed E-state index contributed by atoms with van der Waals surface area (Å²) < 4.78 is 5.75. The molecule has 1 aromatic rings. The van der Waals surface area contributed by atoms with E-state index >= 15 is 0 Å². The van der Waals surface area contributed by atoms with Gasteiger partial charge >= 0.3 is 0 Å². The smallest absolute Gasteiger partial charge is 0.122 e. The van der Waals surface area contributed by atoms with Gasteiger partial charge in [-0.05, 0) is 50.3 Å². The number of hydrogen-bond acceptors (Lipinski definition) is 3. The van der Waals surface area contributed by atoms with E-state index in [4.69, 9.17) is 10.5 Å². The van der Waals surface area contributed by atoms with Crippen molar-refractivity contribution in [2.45, 2.75) is 45.6 Å². The van der Waals surface area contributed by atoms with Gasteiger partial charge in [0.05, 0.1) is 12.2 Å². The monoisotopic (exact) mass is 251 g/mol. The van der Waals surface area contributed by atoms with E-state index in [2.05, 4.69) is 19.1 Å². The molecule has 0 aliphatic heterocycles. The van der Waals surface area contributed by atoms with Gasteiger partial charge in [-0.1, -0.05) is 19.1 Å². The molecule has 3 N–H and O–H groups in total. The van der Waals surface area contributed by atoms with Crippen LogP contribution in [0.5, 0.6) is 5.75 Å². The van der Waals surface area contributed by atoms with E-state index in [0.29, 0.717) is 26.0 Å². The molecule has 0 amide bonds. The van der Waals surface area contributed by atoms with Gasteiger partial charge in [0.15, 0.2) is 0 Å². The quantitative estimate of drug-likeness (QED) is 0.732. The summed E-state index contributed by atoms with van der Waals surface area (Å²) in [4.78, 5) is 0. The zero-order valence-corrected chi connectivity index (χ0v) is 11.7. The van der Waals surface area contributed by atoms with Crippen LogP contribution in [-0.2, 0) is 0 Å². The summed E-state index contributed by atoms with van der Waals surface area (Å²) in [5.41, 5.74) is 7.17. The van der Waals surface area contributed by atoms with Gasteiger partial charge in [-0.2, -0.15) is 0 Å².